The maximum absolute atomic E-state index is 13.2. The molecule has 6 heteroatoms. The number of nitrogens with zero attached hydrogens (tertiary/aromatic N) is 1. The number of ether oxygens (including phenoxy) is 1. The molecule has 2 heterocycles. The van der Waals surface area contributed by atoms with Crippen molar-refractivity contribution in [2.45, 2.75) is 13.0 Å². The monoisotopic (exact) mass is 409 g/mol. The number of nitrogens with one attached hydrogen (secondary N) is 2. The second-order valence-electron chi connectivity index (χ2n) is 7.35. The summed E-state index contributed by atoms with van der Waals surface area (Å²) in [6, 6.07) is 24.3. The van der Waals surface area contributed by atoms with Crippen LogP contribution in [0.15, 0.2) is 78.9 Å². The van der Waals surface area contributed by atoms with Crippen molar-refractivity contribution in [2.75, 3.05) is 10.6 Å². The van der Waals surface area contributed by atoms with Gasteiger partial charge in [-0.2, -0.15) is 0 Å². The van der Waals surface area contributed by atoms with Crippen molar-refractivity contribution in [2.24, 2.45) is 0 Å². The van der Waals surface area contributed by atoms with Gasteiger partial charge < -0.3 is 15.4 Å². The van der Waals surface area contributed by atoms with Gasteiger partial charge in [0.05, 0.1) is 22.5 Å². The number of para-hydroxylation sites is 1. The Bertz CT molecular complexity index is 1320. The Morgan fingerprint density at radius 2 is 1.77 bits per heavy atom. The van der Waals surface area contributed by atoms with E-state index in [4.69, 9.17) is 9.72 Å². The summed E-state index contributed by atoms with van der Waals surface area (Å²) < 4.78 is 5.58. The third-order valence-electron chi connectivity index (χ3n) is 5.20. The molecule has 3 aromatic carbocycles. The molecule has 2 amide bonds. The second kappa shape index (κ2) is 7.57. The number of benzene rings is 3. The molecule has 0 bridgehead atoms. The molecule has 2 N–H and O–H groups in total. The summed E-state index contributed by atoms with van der Waals surface area (Å²) in [4.78, 5) is 29.9. The van der Waals surface area contributed by atoms with Gasteiger partial charge in [0.1, 0.15) is 5.75 Å². The van der Waals surface area contributed by atoms with Gasteiger partial charge in [-0.05, 0) is 37.3 Å². The lowest BCUT2D eigenvalue weighted by atomic mass is 10.0. The van der Waals surface area contributed by atoms with Crippen molar-refractivity contribution in [3.05, 3.63) is 84.4 Å². The maximum Gasteiger partial charge on any atom is 0.265 e. The molecule has 5 rings (SSSR count). The third-order valence-corrected chi connectivity index (χ3v) is 5.20. The summed E-state index contributed by atoms with van der Waals surface area (Å²) in [5, 5.41) is 6.50. The van der Waals surface area contributed by atoms with Crippen LogP contribution < -0.4 is 15.4 Å². The zero-order chi connectivity index (χ0) is 21.4. The number of amides is 2. The van der Waals surface area contributed by atoms with E-state index in [2.05, 4.69) is 10.6 Å². The number of carbonyl (C=O) groups is 2. The maximum atomic E-state index is 13.2. The smallest absolute Gasteiger partial charge is 0.265 e. The van der Waals surface area contributed by atoms with Crippen LogP contribution in [-0.4, -0.2) is 22.9 Å². The number of carbonyl (C=O) groups excluding carboxylic acids is 2. The summed E-state index contributed by atoms with van der Waals surface area (Å²) in [6.07, 6.45) is -0.549. The van der Waals surface area contributed by atoms with Crippen LogP contribution >= 0.6 is 0 Å². The Morgan fingerprint density at radius 1 is 1.00 bits per heavy atom. The molecule has 0 aliphatic carbocycles. The van der Waals surface area contributed by atoms with Gasteiger partial charge in [0, 0.05) is 16.6 Å². The van der Waals surface area contributed by atoms with Crippen LogP contribution in [0.5, 0.6) is 5.75 Å². The van der Waals surface area contributed by atoms with Gasteiger partial charge in [-0.3, -0.25) is 9.59 Å². The predicted octanol–water partition coefficient (Wildman–Crippen LogP) is 4.87. The van der Waals surface area contributed by atoms with Gasteiger partial charge in [-0.25, -0.2) is 4.98 Å². The van der Waals surface area contributed by atoms with Crippen LogP contribution in [0.4, 0.5) is 11.4 Å². The van der Waals surface area contributed by atoms with E-state index in [0.717, 1.165) is 22.2 Å². The molecule has 1 aliphatic heterocycles. The first-order chi connectivity index (χ1) is 15.1. The van der Waals surface area contributed by atoms with E-state index in [0.29, 0.717) is 22.7 Å². The first-order valence-electron chi connectivity index (χ1n) is 9.96. The molecule has 4 aromatic rings. The SMILES string of the molecule is C[C@H]1Oc2ccc(NC(=O)c3cc(-c4ccccc4)nc4ccccc34)cc2NC1=O. The highest BCUT2D eigenvalue weighted by molar-refractivity contribution is 6.13. The van der Waals surface area contributed by atoms with Crippen LogP contribution in [-0.2, 0) is 4.79 Å². The number of hydrogen-bond donors (Lipinski definition) is 2. The molecular weight excluding hydrogens is 390 g/mol. The van der Waals surface area contributed by atoms with Gasteiger partial charge in [0.25, 0.3) is 11.8 Å². The predicted molar refractivity (Wildman–Crippen MR) is 120 cm³/mol. The molecule has 0 radical (unpaired) electrons. The zero-order valence-corrected chi connectivity index (χ0v) is 16.8. The first-order valence-corrected chi connectivity index (χ1v) is 9.96. The lowest BCUT2D eigenvalue weighted by Gasteiger charge is -2.23. The normalized spacial score (nSPS) is 15.0. The van der Waals surface area contributed by atoms with E-state index in [1.54, 1.807) is 31.2 Å². The van der Waals surface area contributed by atoms with Crippen LogP contribution in [0.3, 0.4) is 0 Å². The van der Waals surface area contributed by atoms with Crippen molar-refractivity contribution >= 4 is 34.1 Å². The minimum absolute atomic E-state index is 0.219. The third kappa shape index (κ3) is 3.59. The van der Waals surface area contributed by atoms with Gasteiger partial charge in [0.15, 0.2) is 6.10 Å². The fourth-order valence-corrected chi connectivity index (χ4v) is 3.61. The molecule has 6 nitrogen and oxygen atoms in total. The number of hydrogen-bond acceptors (Lipinski definition) is 4. The lowest BCUT2D eigenvalue weighted by Crippen LogP contribution is -2.34. The Kier molecular flexibility index (Phi) is 4.59. The van der Waals surface area contributed by atoms with Crippen molar-refractivity contribution in [1.29, 1.82) is 0 Å². The molecule has 0 saturated heterocycles. The van der Waals surface area contributed by atoms with Crippen LogP contribution in [0.25, 0.3) is 22.2 Å². The average Bonchev–Trinajstić information content (AvgIpc) is 2.80. The van der Waals surface area contributed by atoms with Gasteiger partial charge in [-0.15, -0.1) is 0 Å². The molecule has 0 spiro atoms. The van der Waals surface area contributed by atoms with Crippen molar-refractivity contribution in [3.8, 4) is 17.0 Å². The molecule has 0 fully saturated rings. The minimum Gasteiger partial charge on any atom is -0.479 e. The summed E-state index contributed by atoms with van der Waals surface area (Å²) in [7, 11) is 0. The largest absolute Gasteiger partial charge is 0.479 e. The Labute approximate surface area is 178 Å². The van der Waals surface area contributed by atoms with E-state index < -0.39 is 6.10 Å². The van der Waals surface area contributed by atoms with E-state index >= 15 is 0 Å². The number of rotatable bonds is 3. The molecule has 0 saturated carbocycles. The fourth-order valence-electron chi connectivity index (χ4n) is 3.61. The topological polar surface area (TPSA) is 80.3 Å². The van der Waals surface area contributed by atoms with Crippen molar-refractivity contribution in [3.63, 3.8) is 0 Å². The number of aromatic nitrogens is 1. The molecule has 1 aliphatic rings. The second-order valence-corrected chi connectivity index (χ2v) is 7.35. The molecule has 1 atom stereocenters. The van der Waals surface area contributed by atoms with Crippen LogP contribution in [0.2, 0.25) is 0 Å². The molecule has 31 heavy (non-hydrogen) atoms. The Balaban J connectivity index is 1.52. The van der Waals surface area contributed by atoms with Crippen molar-refractivity contribution < 1.29 is 14.3 Å². The highest BCUT2D eigenvalue weighted by Crippen LogP contribution is 2.33. The minimum atomic E-state index is -0.549. The number of anilines is 2. The van der Waals surface area contributed by atoms with E-state index in [-0.39, 0.29) is 11.8 Å². The zero-order valence-electron chi connectivity index (χ0n) is 16.8. The van der Waals surface area contributed by atoms with E-state index in [9.17, 15) is 9.59 Å². The number of fused-ring (bicyclic) bond motifs is 2. The summed E-state index contributed by atoms with van der Waals surface area (Å²) in [5.74, 6) is 0.0987. The Hall–Kier alpha value is -4.19. The van der Waals surface area contributed by atoms with E-state index in [1.165, 1.54) is 0 Å². The standard InChI is InChI=1S/C25H19N3O3/c1-15-24(29)28-22-13-17(11-12-23(22)31-15)26-25(30)19-14-21(16-7-3-2-4-8-16)27-20-10-6-5-9-18(19)20/h2-15H,1H3,(H,26,30)(H,28,29)/t15-/m1/s1. The molecular formula is C25H19N3O3. The van der Waals surface area contributed by atoms with Gasteiger partial charge in [-0.1, -0.05) is 48.5 Å². The van der Waals surface area contributed by atoms with Crippen LogP contribution in [0, 0.1) is 0 Å². The quantitative estimate of drug-likeness (QED) is 0.506. The summed E-state index contributed by atoms with van der Waals surface area (Å²) >= 11 is 0. The van der Waals surface area contributed by atoms with Crippen LogP contribution in [0.1, 0.15) is 17.3 Å². The number of pyridine rings is 1. The first kappa shape index (κ1) is 18.8. The van der Waals surface area contributed by atoms with E-state index in [1.807, 2.05) is 54.6 Å². The van der Waals surface area contributed by atoms with Gasteiger partial charge in [0.2, 0.25) is 0 Å². The van der Waals surface area contributed by atoms with Gasteiger partial charge >= 0.3 is 0 Å². The highest BCUT2D eigenvalue weighted by Gasteiger charge is 2.24. The lowest BCUT2D eigenvalue weighted by molar-refractivity contribution is -0.122. The molecule has 1 aromatic heterocycles. The summed E-state index contributed by atoms with van der Waals surface area (Å²) in [6.45, 7) is 1.69. The highest BCUT2D eigenvalue weighted by atomic mass is 16.5. The fraction of sp³-hybridized carbons (Fsp3) is 0.0800. The molecule has 152 valence electrons. The molecule has 0 unspecified atom stereocenters. The van der Waals surface area contributed by atoms with Crippen molar-refractivity contribution in [1.82, 2.24) is 4.98 Å². The average molecular weight is 409 g/mol. The Morgan fingerprint density at radius 3 is 2.61 bits per heavy atom. The summed E-state index contributed by atoms with van der Waals surface area (Å²) in [5.41, 5.74) is 4.02.